The molecule has 3 aliphatic rings. The molecule has 0 radical (unpaired) electrons. The number of likely N-dealkylation sites (tertiary alicyclic amines) is 1. The van der Waals surface area contributed by atoms with Gasteiger partial charge in [0.15, 0.2) is 0 Å². The maximum absolute atomic E-state index is 12.2. The van der Waals surface area contributed by atoms with Crippen LogP contribution in [0.25, 0.3) is 0 Å². The quantitative estimate of drug-likeness (QED) is 0.663. The summed E-state index contributed by atoms with van der Waals surface area (Å²) in [5.74, 6) is 0.863. The first-order valence-corrected chi connectivity index (χ1v) is 11.4. The van der Waals surface area contributed by atoms with Crippen LogP contribution in [0.1, 0.15) is 44.9 Å². The number of hydrogen-bond donors (Lipinski definition) is 0. The van der Waals surface area contributed by atoms with Crippen molar-refractivity contribution in [2.45, 2.75) is 70.9 Å². The zero-order valence-electron chi connectivity index (χ0n) is 19.2. The number of likely N-dealkylation sites (N-methyl/N-ethyl adjacent to an activating group) is 1. The molecule has 0 N–H and O–H groups in total. The molecule has 4 atom stereocenters. The normalized spacial score (nSPS) is 29.0. The maximum Gasteiger partial charge on any atom is 0.318 e. The molecule has 4 rings (SSSR count). The molecule has 8 nitrogen and oxygen atoms in total. The lowest BCUT2D eigenvalue weighted by Crippen LogP contribution is -2.58. The fourth-order valence-corrected chi connectivity index (χ4v) is 4.88. The lowest BCUT2D eigenvalue weighted by Gasteiger charge is -2.45. The Morgan fingerprint density at radius 3 is 2.77 bits per heavy atom. The van der Waals surface area contributed by atoms with E-state index in [0.717, 1.165) is 36.5 Å². The molecule has 170 valence electrons. The molecule has 3 aliphatic heterocycles. The van der Waals surface area contributed by atoms with Crippen molar-refractivity contribution in [3.63, 3.8) is 0 Å². The number of piperazine rings is 1. The molecule has 0 bridgehead atoms. The smallest absolute Gasteiger partial charge is 0.318 e. The van der Waals surface area contributed by atoms with Crippen LogP contribution in [0.2, 0.25) is 0 Å². The van der Waals surface area contributed by atoms with Crippen LogP contribution in [0, 0.1) is 0 Å². The highest BCUT2D eigenvalue weighted by molar-refractivity contribution is 5.87. The first-order valence-electron chi connectivity index (χ1n) is 11.4. The van der Waals surface area contributed by atoms with E-state index in [1.54, 1.807) is 0 Å². The summed E-state index contributed by atoms with van der Waals surface area (Å²) in [6.07, 6.45) is 4.63. The van der Waals surface area contributed by atoms with Gasteiger partial charge >= 0.3 is 6.01 Å². The van der Waals surface area contributed by atoms with E-state index in [9.17, 15) is 4.79 Å². The van der Waals surface area contributed by atoms with Crippen LogP contribution >= 0.6 is 0 Å². The second-order valence-corrected chi connectivity index (χ2v) is 9.21. The standard InChI is InChI=1S/C23H35N5O3/c1-6-21(29)27-11-16(3)28(12-15(27)2)22-19-14-30-17(4)10-20(19)24-23(25-22)31-13-18-8-7-9-26(18)5/h6,15-18H,1,7-14H2,2-5H3/t15-,16+,17?,18-/m0/s1. The molecule has 2 fully saturated rings. The molecule has 0 spiro atoms. The van der Waals surface area contributed by atoms with E-state index in [1.165, 1.54) is 12.5 Å². The van der Waals surface area contributed by atoms with Crippen LogP contribution in [0.4, 0.5) is 5.82 Å². The zero-order chi connectivity index (χ0) is 22.1. The predicted molar refractivity (Wildman–Crippen MR) is 119 cm³/mol. The number of ether oxygens (including phenoxy) is 2. The second-order valence-electron chi connectivity index (χ2n) is 9.21. The Bertz CT molecular complexity index is 832. The molecule has 2 saturated heterocycles. The van der Waals surface area contributed by atoms with Gasteiger partial charge in [-0.2, -0.15) is 9.97 Å². The summed E-state index contributed by atoms with van der Waals surface area (Å²) in [4.78, 5) is 28.4. The molecule has 0 aliphatic carbocycles. The first-order chi connectivity index (χ1) is 14.9. The van der Waals surface area contributed by atoms with E-state index < -0.39 is 0 Å². The Labute approximate surface area is 185 Å². The van der Waals surface area contributed by atoms with Crippen LogP contribution in [0.3, 0.4) is 0 Å². The van der Waals surface area contributed by atoms with E-state index in [0.29, 0.717) is 38.4 Å². The molecule has 1 aromatic heterocycles. The third-order valence-electron chi connectivity index (χ3n) is 6.84. The van der Waals surface area contributed by atoms with Gasteiger partial charge in [0.1, 0.15) is 12.4 Å². The SMILES string of the molecule is C=CC(=O)N1C[C@@H](C)N(c2nc(OC[C@@H]3CCCN3C)nc3c2COC(C)C3)C[C@@H]1C. The third kappa shape index (κ3) is 4.55. The average Bonchev–Trinajstić information content (AvgIpc) is 3.16. The minimum atomic E-state index is -0.0226. The van der Waals surface area contributed by atoms with Crippen molar-refractivity contribution in [1.29, 1.82) is 0 Å². The number of carbonyl (C=O) groups is 1. The Morgan fingerprint density at radius 2 is 2.06 bits per heavy atom. The largest absolute Gasteiger partial charge is 0.462 e. The summed E-state index contributed by atoms with van der Waals surface area (Å²) in [6, 6.07) is 1.05. The number of rotatable bonds is 5. The molecular formula is C23H35N5O3. The van der Waals surface area contributed by atoms with E-state index in [4.69, 9.17) is 19.4 Å². The summed E-state index contributed by atoms with van der Waals surface area (Å²) >= 11 is 0. The number of hydrogen-bond acceptors (Lipinski definition) is 7. The van der Waals surface area contributed by atoms with Gasteiger partial charge in [0.2, 0.25) is 5.91 Å². The number of anilines is 1. The van der Waals surface area contributed by atoms with Crippen LogP contribution in [-0.2, 0) is 22.6 Å². The van der Waals surface area contributed by atoms with Gasteiger partial charge in [-0.1, -0.05) is 6.58 Å². The summed E-state index contributed by atoms with van der Waals surface area (Å²) in [6.45, 7) is 13.5. The summed E-state index contributed by atoms with van der Waals surface area (Å²) in [7, 11) is 2.15. The molecule has 8 heteroatoms. The molecule has 1 aromatic rings. The summed E-state index contributed by atoms with van der Waals surface area (Å²) in [5, 5.41) is 0. The lowest BCUT2D eigenvalue weighted by atomic mass is 10.0. The van der Waals surface area contributed by atoms with Gasteiger partial charge < -0.3 is 24.2 Å². The van der Waals surface area contributed by atoms with Crippen LogP contribution in [-0.4, -0.2) is 83.2 Å². The van der Waals surface area contributed by atoms with Gasteiger partial charge in [0.05, 0.1) is 18.4 Å². The van der Waals surface area contributed by atoms with Crippen molar-refractivity contribution < 1.29 is 14.3 Å². The monoisotopic (exact) mass is 429 g/mol. The Hall–Kier alpha value is -2.19. The van der Waals surface area contributed by atoms with Crippen molar-refractivity contribution in [2.24, 2.45) is 0 Å². The van der Waals surface area contributed by atoms with Crippen LogP contribution in [0.15, 0.2) is 12.7 Å². The molecular weight excluding hydrogens is 394 g/mol. The van der Waals surface area contributed by atoms with Crippen molar-refractivity contribution in [3.05, 3.63) is 23.9 Å². The zero-order valence-corrected chi connectivity index (χ0v) is 19.2. The number of nitrogens with zero attached hydrogens (tertiary/aromatic N) is 5. The molecule has 0 saturated carbocycles. The highest BCUT2D eigenvalue weighted by Gasteiger charge is 2.35. The second kappa shape index (κ2) is 9.12. The van der Waals surface area contributed by atoms with Crippen molar-refractivity contribution in [2.75, 3.05) is 38.2 Å². The van der Waals surface area contributed by atoms with E-state index in [1.807, 2.05) is 4.90 Å². The molecule has 1 unspecified atom stereocenters. The van der Waals surface area contributed by atoms with Gasteiger partial charge in [-0.15, -0.1) is 0 Å². The van der Waals surface area contributed by atoms with Gasteiger partial charge in [-0.25, -0.2) is 0 Å². The molecule has 31 heavy (non-hydrogen) atoms. The molecule has 1 amide bonds. The summed E-state index contributed by atoms with van der Waals surface area (Å²) < 4.78 is 12.1. The Kier molecular flexibility index (Phi) is 6.48. The average molecular weight is 430 g/mol. The number of amides is 1. The fourth-order valence-electron chi connectivity index (χ4n) is 4.88. The van der Waals surface area contributed by atoms with E-state index in [2.05, 4.69) is 44.2 Å². The minimum Gasteiger partial charge on any atom is -0.462 e. The number of aromatic nitrogens is 2. The van der Waals surface area contributed by atoms with Crippen LogP contribution in [0.5, 0.6) is 6.01 Å². The van der Waals surface area contributed by atoms with Crippen molar-refractivity contribution >= 4 is 11.7 Å². The number of carbonyl (C=O) groups excluding carboxylic acids is 1. The van der Waals surface area contributed by atoms with E-state index in [-0.39, 0.29) is 24.1 Å². The topological polar surface area (TPSA) is 71.0 Å². The Balaban J connectivity index is 1.60. The number of fused-ring (bicyclic) bond motifs is 1. The lowest BCUT2D eigenvalue weighted by molar-refractivity contribution is -0.128. The highest BCUT2D eigenvalue weighted by Crippen LogP contribution is 2.32. The molecule has 4 heterocycles. The fraction of sp³-hybridized carbons (Fsp3) is 0.696. The Morgan fingerprint density at radius 1 is 1.26 bits per heavy atom. The van der Waals surface area contributed by atoms with Gasteiger partial charge in [-0.3, -0.25) is 4.79 Å². The summed E-state index contributed by atoms with van der Waals surface area (Å²) in [5.41, 5.74) is 2.06. The van der Waals surface area contributed by atoms with Gasteiger partial charge in [0.25, 0.3) is 0 Å². The predicted octanol–water partition coefficient (Wildman–Crippen LogP) is 2.02. The third-order valence-corrected chi connectivity index (χ3v) is 6.84. The highest BCUT2D eigenvalue weighted by atomic mass is 16.5. The minimum absolute atomic E-state index is 0.0226. The first kappa shape index (κ1) is 22.0. The van der Waals surface area contributed by atoms with Crippen molar-refractivity contribution in [1.82, 2.24) is 19.8 Å². The van der Waals surface area contributed by atoms with Crippen LogP contribution < -0.4 is 9.64 Å². The van der Waals surface area contributed by atoms with Crippen molar-refractivity contribution in [3.8, 4) is 6.01 Å². The maximum atomic E-state index is 12.2. The molecule has 0 aromatic carbocycles. The van der Waals surface area contributed by atoms with E-state index >= 15 is 0 Å². The van der Waals surface area contributed by atoms with Gasteiger partial charge in [-0.05, 0) is 53.3 Å². The van der Waals surface area contributed by atoms with Gasteiger partial charge in [0, 0.05) is 43.2 Å².